The van der Waals surface area contributed by atoms with E-state index in [2.05, 4.69) is 5.32 Å². The van der Waals surface area contributed by atoms with E-state index in [0.29, 0.717) is 13.0 Å². The van der Waals surface area contributed by atoms with Crippen LogP contribution >= 0.6 is 0 Å². The van der Waals surface area contributed by atoms with Crippen LogP contribution in [0.2, 0.25) is 0 Å². The van der Waals surface area contributed by atoms with Crippen LogP contribution < -0.4 is 16.6 Å². The van der Waals surface area contributed by atoms with E-state index in [9.17, 15) is 4.79 Å². The zero-order valence-corrected chi connectivity index (χ0v) is 5.50. The summed E-state index contributed by atoms with van der Waals surface area (Å²) >= 11 is 0. The molecule has 5 nitrogen and oxygen atoms in total. The van der Waals surface area contributed by atoms with Gasteiger partial charge >= 0.3 is 0 Å². The second-order valence-corrected chi connectivity index (χ2v) is 2.36. The van der Waals surface area contributed by atoms with Gasteiger partial charge in [-0.15, -0.1) is 0 Å². The average molecular weight is 145 g/mol. The maximum Gasteiger partial charge on any atom is 0.251 e. The van der Waals surface area contributed by atoms with Gasteiger partial charge < -0.3 is 10.4 Å². The van der Waals surface area contributed by atoms with Crippen molar-refractivity contribution in [3.63, 3.8) is 0 Å². The fourth-order valence-corrected chi connectivity index (χ4v) is 1.02. The Balaban J connectivity index is 2.37. The highest BCUT2D eigenvalue weighted by Gasteiger charge is 2.27. The number of carbonyl (C=O) groups excluding carboxylic acids is 1. The molecule has 58 valence electrons. The molecule has 1 rings (SSSR count). The Morgan fingerprint density at radius 2 is 2.50 bits per heavy atom. The molecule has 1 aliphatic rings. The minimum Gasteiger partial charge on any atom is -0.392 e. The summed E-state index contributed by atoms with van der Waals surface area (Å²) < 4.78 is 0. The van der Waals surface area contributed by atoms with Gasteiger partial charge in [0.25, 0.3) is 5.91 Å². The Labute approximate surface area is 58.6 Å². The van der Waals surface area contributed by atoms with Gasteiger partial charge in [0.2, 0.25) is 0 Å². The van der Waals surface area contributed by atoms with Crippen molar-refractivity contribution in [1.29, 1.82) is 0 Å². The van der Waals surface area contributed by atoms with Crippen molar-refractivity contribution in [2.24, 2.45) is 5.84 Å². The van der Waals surface area contributed by atoms with Crippen LogP contribution in [0.5, 0.6) is 0 Å². The van der Waals surface area contributed by atoms with Gasteiger partial charge in [0.05, 0.1) is 12.1 Å². The Morgan fingerprint density at radius 3 is 2.90 bits per heavy atom. The molecule has 0 aromatic rings. The number of nitrogens with one attached hydrogen (secondary N) is 2. The summed E-state index contributed by atoms with van der Waals surface area (Å²) in [5, 5.41) is 11.8. The summed E-state index contributed by atoms with van der Waals surface area (Å²) in [4.78, 5) is 10.7. The molecule has 1 aliphatic heterocycles. The molecule has 1 saturated heterocycles. The first-order chi connectivity index (χ1) is 4.74. The van der Waals surface area contributed by atoms with E-state index in [0.717, 1.165) is 0 Å². The smallest absolute Gasteiger partial charge is 0.251 e. The number of rotatable bonds is 1. The van der Waals surface area contributed by atoms with Gasteiger partial charge in [-0.1, -0.05) is 0 Å². The molecule has 0 spiro atoms. The largest absolute Gasteiger partial charge is 0.392 e. The van der Waals surface area contributed by atoms with Gasteiger partial charge in [0.15, 0.2) is 0 Å². The van der Waals surface area contributed by atoms with Gasteiger partial charge in [0, 0.05) is 6.54 Å². The van der Waals surface area contributed by atoms with Gasteiger partial charge in [-0.25, -0.2) is 5.84 Å². The standard InChI is InChI=1S/C5H11N3O2/c6-8-5(10)4-1-3(9)2-7-4/h3-4,7,9H,1-2,6H2,(H,8,10)/t3-,4-/m1/s1. The van der Waals surface area contributed by atoms with Crippen LogP contribution in [-0.2, 0) is 4.79 Å². The predicted octanol–water partition coefficient (Wildman–Crippen LogP) is -2.30. The molecule has 0 radical (unpaired) electrons. The average Bonchev–Trinajstić information content (AvgIpc) is 2.34. The zero-order chi connectivity index (χ0) is 7.56. The number of amides is 1. The number of β-amino-alcohol motifs (C(OH)–C–C–N with tert-alkyl or cyclic N) is 1. The molecule has 0 aliphatic carbocycles. The molecular weight excluding hydrogens is 134 g/mol. The predicted molar refractivity (Wildman–Crippen MR) is 34.7 cm³/mol. The monoisotopic (exact) mass is 145 g/mol. The molecule has 0 aromatic carbocycles. The lowest BCUT2D eigenvalue weighted by Crippen LogP contribution is -2.43. The van der Waals surface area contributed by atoms with E-state index in [1.54, 1.807) is 0 Å². The van der Waals surface area contributed by atoms with Crippen molar-refractivity contribution in [2.45, 2.75) is 18.6 Å². The van der Waals surface area contributed by atoms with Crippen molar-refractivity contribution in [3.8, 4) is 0 Å². The number of nitrogens with two attached hydrogens (primary N) is 1. The molecular formula is C5H11N3O2. The molecule has 0 unspecified atom stereocenters. The Bertz CT molecular complexity index is 139. The van der Waals surface area contributed by atoms with Crippen LogP contribution in [0.3, 0.4) is 0 Å². The van der Waals surface area contributed by atoms with Crippen molar-refractivity contribution in [3.05, 3.63) is 0 Å². The van der Waals surface area contributed by atoms with Crippen LogP contribution in [0.4, 0.5) is 0 Å². The molecule has 5 N–H and O–H groups in total. The van der Waals surface area contributed by atoms with E-state index < -0.39 is 6.10 Å². The number of carbonyl (C=O) groups is 1. The molecule has 1 heterocycles. The number of hydrogen-bond acceptors (Lipinski definition) is 4. The van der Waals surface area contributed by atoms with E-state index in [-0.39, 0.29) is 11.9 Å². The number of hydrogen-bond donors (Lipinski definition) is 4. The van der Waals surface area contributed by atoms with Crippen LogP contribution in [0, 0.1) is 0 Å². The summed E-state index contributed by atoms with van der Waals surface area (Å²) in [5.41, 5.74) is 2.01. The van der Waals surface area contributed by atoms with E-state index in [1.165, 1.54) is 0 Å². The maximum atomic E-state index is 10.7. The molecule has 2 atom stereocenters. The maximum absolute atomic E-state index is 10.7. The van der Waals surface area contributed by atoms with Crippen molar-refractivity contribution >= 4 is 5.91 Å². The lowest BCUT2D eigenvalue weighted by molar-refractivity contribution is -0.123. The minimum atomic E-state index is -0.415. The number of aliphatic hydroxyl groups excluding tert-OH is 1. The van der Waals surface area contributed by atoms with Crippen molar-refractivity contribution in [1.82, 2.24) is 10.7 Å². The van der Waals surface area contributed by atoms with Crippen LogP contribution in [0.1, 0.15) is 6.42 Å². The highest BCUT2D eigenvalue weighted by molar-refractivity contribution is 5.81. The third-order valence-corrected chi connectivity index (χ3v) is 1.57. The fourth-order valence-electron chi connectivity index (χ4n) is 1.02. The normalized spacial score (nSPS) is 32.2. The summed E-state index contributed by atoms with van der Waals surface area (Å²) in [6.45, 7) is 0.470. The molecule has 0 aromatic heterocycles. The first-order valence-electron chi connectivity index (χ1n) is 3.16. The number of hydrazine groups is 1. The molecule has 1 fully saturated rings. The Hall–Kier alpha value is -0.650. The van der Waals surface area contributed by atoms with E-state index in [4.69, 9.17) is 10.9 Å². The highest BCUT2D eigenvalue weighted by Crippen LogP contribution is 2.04. The summed E-state index contributed by atoms with van der Waals surface area (Å²) in [7, 11) is 0. The fraction of sp³-hybridized carbons (Fsp3) is 0.800. The summed E-state index contributed by atoms with van der Waals surface area (Å²) in [5.74, 6) is 4.61. The minimum absolute atomic E-state index is 0.267. The van der Waals surface area contributed by atoms with Crippen LogP contribution in [0.25, 0.3) is 0 Å². The molecule has 0 bridgehead atoms. The second-order valence-electron chi connectivity index (χ2n) is 2.36. The first-order valence-corrected chi connectivity index (χ1v) is 3.16. The molecule has 0 saturated carbocycles. The first kappa shape index (κ1) is 7.46. The van der Waals surface area contributed by atoms with Gasteiger partial charge in [-0.05, 0) is 6.42 Å². The third-order valence-electron chi connectivity index (χ3n) is 1.57. The van der Waals surface area contributed by atoms with E-state index in [1.807, 2.05) is 5.43 Å². The van der Waals surface area contributed by atoms with Gasteiger partial charge in [0.1, 0.15) is 0 Å². The van der Waals surface area contributed by atoms with Gasteiger partial charge in [-0.3, -0.25) is 10.2 Å². The van der Waals surface area contributed by atoms with Gasteiger partial charge in [-0.2, -0.15) is 0 Å². The number of aliphatic hydroxyl groups is 1. The molecule has 10 heavy (non-hydrogen) atoms. The van der Waals surface area contributed by atoms with Crippen molar-refractivity contribution in [2.75, 3.05) is 6.54 Å². The molecule has 1 amide bonds. The summed E-state index contributed by atoms with van der Waals surface area (Å²) in [6, 6.07) is -0.319. The zero-order valence-electron chi connectivity index (χ0n) is 5.50. The second kappa shape index (κ2) is 2.96. The van der Waals surface area contributed by atoms with Crippen LogP contribution in [0.15, 0.2) is 0 Å². The van der Waals surface area contributed by atoms with Crippen molar-refractivity contribution < 1.29 is 9.90 Å². The Kier molecular flexibility index (Phi) is 2.21. The molecule has 5 heteroatoms. The van der Waals surface area contributed by atoms with E-state index >= 15 is 0 Å². The third kappa shape index (κ3) is 1.44. The SMILES string of the molecule is NNC(=O)[C@H]1C[C@@H](O)CN1. The lowest BCUT2D eigenvalue weighted by atomic mass is 10.2. The highest BCUT2D eigenvalue weighted by atomic mass is 16.3. The topological polar surface area (TPSA) is 87.4 Å². The van der Waals surface area contributed by atoms with Crippen LogP contribution in [-0.4, -0.2) is 29.7 Å². The Morgan fingerprint density at radius 1 is 1.80 bits per heavy atom. The quantitative estimate of drug-likeness (QED) is 0.190. The summed E-state index contributed by atoms with van der Waals surface area (Å²) in [6.07, 6.45) is 0.0329. The lowest BCUT2D eigenvalue weighted by Gasteiger charge is -2.05.